The zero-order valence-corrected chi connectivity index (χ0v) is 11.6. The van der Waals surface area contributed by atoms with E-state index in [1.54, 1.807) is 6.92 Å². The van der Waals surface area contributed by atoms with Crippen molar-refractivity contribution in [2.24, 2.45) is 0 Å². The number of ketones is 1. The summed E-state index contributed by atoms with van der Waals surface area (Å²) in [6.45, 7) is 6.80. The first kappa shape index (κ1) is 13.4. The summed E-state index contributed by atoms with van der Waals surface area (Å²) < 4.78 is 5.36. The SMILES string of the molecule is CC(=O)Cc1c(N2CCOCC2)ccc(Cl)c1C. The predicted molar refractivity (Wildman–Crippen MR) is 73.6 cm³/mol. The lowest BCUT2D eigenvalue weighted by Crippen LogP contribution is -2.37. The Kier molecular flexibility index (Phi) is 4.25. The molecule has 0 amide bonds. The Morgan fingerprint density at radius 3 is 2.67 bits per heavy atom. The summed E-state index contributed by atoms with van der Waals surface area (Å²) in [4.78, 5) is 13.7. The van der Waals surface area contributed by atoms with Crippen molar-refractivity contribution in [1.82, 2.24) is 0 Å². The summed E-state index contributed by atoms with van der Waals surface area (Å²) in [7, 11) is 0. The van der Waals surface area contributed by atoms with Gasteiger partial charge in [0.1, 0.15) is 5.78 Å². The van der Waals surface area contributed by atoms with Gasteiger partial charge in [0.15, 0.2) is 0 Å². The molecule has 0 aliphatic carbocycles. The number of morpholine rings is 1. The number of hydrogen-bond acceptors (Lipinski definition) is 3. The molecule has 1 aliphatic heterocycles. The molecule has 1 heterocycles. The smallest absolute Gasteiger partial charge is 0.134 e. The average molecular weight is 268 g/mol. The summed E-state index contributed by atoms with van der Waals surface area (Å²) in [6, 6.07) is 3.92. The number of carbonyl (C=O) groups excluding carboxylic acids is 1. The third-order valence-electron chi connectivity index (χ3n) is 3.29. The molecule has 0 radical (unpaired) electrons. The zero-order valence-electron chi connectivity index (χ0n) is 10.8. The average Bonchev–Trinajstić information content (AvgIpc) is 2.36. The second kappa shape index (κ2) is 5.72. The van der Waals surface area contributed by atoms with Crippen molar-refractivity contribution in [2.45, 2.75) is 20.3 Å². The van der Waals surface area contributed by atoms with Crippen molar-refractivity contribution in [3.63, 3.8) is 0 Å². The maximum absolute atomic E-state index is 11.4. The monoisotopic (exact) mass is 267 g/mol. The van der Waals surface area contributed by atoms with Crippen molar-refractivity contribution >= 4 is 23.1 Å². The molecule has 0 spiro atoms. The molecule has 0 atom stereocenters. The number of rotatable bonds is 3. The highest BCUT2D eigenvalue weighted by atomic mass is 35.5. The number of Topliss-reactive ketones (excluding diaryl/α,β-unsaturated/α-hetero) is 1. The van der Waals surface area contributed by atoms with E-state index in [9.17, 15) is 4.79 Å². The molecule has 1 fully saturated rings. The first-order valence-corrected chi connectivity index (χ1v) is 6.57. The van der Waals surface area contributed by atoms with Gasteiger partial charge < -0.3 is 9.64 Å². The van der Waals surface area contributed by atoms with Crippen LogP contribution in [0.3, 0.4) is 0 Å². The Balaban J connectivity index is 2.38. The standard InChI is InChI=1S/C14H18ClNO2/c1-10(17)9-12-11(2)13(15)3-4-14(12)16-5-7-18-8-6-16/h3-4H,5-9H2,1-2H3. The highest BCUT2D eigenvalue weighted by Crippen LogP contribution is 2.30. The minimum Gasteiger partial charge on any atom is -0.378 e. The molecular formula is C14H18ClNO2. The first-order chi connectivity index (χ1) is 8.59. The van der Waals surface area contributed by atoms with Crippen LogP contribution in [-0.2, 0) is 16.0 Å². The minimum atomic E-state index is 0.162. The Morgan fingerprint density at radius 1 is 1.39 bits per heavy atom. The predicted octanol–water partition coefficient (Wildman–Crippen LogP) is 2.62. The second-order valence-corrected chi connectivity index (χ2v) is 5.06. The van der Waals surface area contributed by atoms with Crippen LogP contribution in [0.5, 0.6) is 0 Å². The Bertz CT molecular complexity index is 453. The molecule has 1 saturated heterocycles. The van der Waals surface area contributed by atoms with Gasteiger partial charge in [-0.1, -0.05) is 11.6 Å². The molecule has 18 heavy (non-hydrogen) atoms. The lowest BCUT2D eigenvalue weighted by molar-refractivity contribution is -0.116. The van der Waals surface area contributed by atoms with Crippen LogP contribution >= 0.6 is 11.6 Å². The van der Waals surface area contributed by atoms with Gasteiger partial charge in [0, 0.05) is 30.2 Å². The van der Waals surface area contributed by atoms with Crippen molar-refractivity contribution in [2.75, 3.05) is 31.2 Å². The maximum Gasteiger partial charge on any atom is 0.134 e. The van der Waals surface area contributed by atoms with Crippen molar-refractivity contribution in [3.05, 3.63) is 28.3 Å². The van der Waals surface area contributed by atoms with E-state index in [0.717, 1.165) is 48.1 Å². The van der Waals surface area contributed by atoms with Gasteiger partial charge in [0.2, 0.25) is 0 Å². The molecular weight excluding hydrogens is 250 g/mol. The summed E-state index contributed by atoms with van der Waals surface area (Å²) >= 11 is 6.15. The molecule has 0 N–H and O–H groups in total. The minimum absolute atomic E-state index is 0.162. The lowest BCUT2D eigenvalue weighted by atomic mass is 10.0. The van der Waals surface area contributed by atoms with Crippen LogP contribution in [0.2, 0.25) is 5.02 Å². The van der Waals surface area contributed by atoms with Crippen LogP contribution in [0.4, 0.5) is 5.69 Å². The Morgan fingerprint density at radius 2 is 2.06 bits per heavy atom. The van der Waals surface area contributed by atoms with Crippen LogP contribution in [0.15, 0.2) is 12.1 Å². The number of ether oxygens (including phenoxy) is 1. The van der Waals surface area contributed by atoms with Gasteiger partial charge in [0.25, 0.3) is 0 Å². The third kappa shape index (κ3) is 2.85. The molecule has 1 aromatic rings. The van der Waals surface area contributed by atoms with E-state index < -0.39 is 0 Å². The van der Waals surface area contributed by atoms with Gasteiger partial charge >= 0.3 is 0 Å². The molecule has 0 saturated carbocycles. The number of nitrogens with zero attached hydrogens (tertiary/aromatic N) is 1. The van der Waals surface area contributed by atoms with Crippen LogP contribution < -0.4 is 4.90 Å². The van der Waals surface area contributed by atoms with Crippen molar-refractivity contribution in [3.8, 4) is 0 Å². The molecule has 0 aromatic heterocycles. The second-order valence-electron chi connectivity index (χ2n) is 4.65. The van der Waals surface area contributed by atoms with E-state index >= 15 is 0 Å². The van der Waals surface area contributed by atoms with Gasteiger partial charge in [-0.05, 0) is 37.1 Å². The van der Waals surface area contributed by atoms with Crippen molar-refractivity contribution in [1.29, 1.82) is 0 Å². The zero-order chi connectivity index (χ0) is 13.1. The number of halogens is 1. The first-order valence-electron chi connectivity index (χ1n) is 6.19. The summed E-state index contributed by atoms with van der Waals surface area (Å²) in [5.41, 5.74) is 3.18. The van der Waals surface area contributed by atoms with Crippen LogP contribution in [-0.4, -0.2) is 32.1 Å². The molecule has 2 rings (SSSR count). The summed E-state index contributed by atoms with van der Waals surface area (Å²) in [6.07, 6.45) is 0.444. The molecule has 98 valence electrons. The highest BCUT2D eigenvalue weighted by molar-refractivity contribution is 6.31. The van der Waals surface area contributed by atoms with E-state index in [2.05, 4.69) is 4.90 Å². The number of hydrogen-bond donors (Lipinski definition) is 0. The van der Waals surface area contributed by atoms with Crippen LogP contribution in [0.1, 0.15) is 18.1 Å². The topological polar surface area (TPSA) is 29.5 Å². The largest absolute Gasteiger partial charge is 0.378 e. The van der Waals surface area contributed by atoms with Gasteiger partial charge in [-0.25, -0.2) is 0 Å². The lowest BCUT2D eigenvalue weighted by Gasteiger charge is -2.31. The molecule has 3 nitrogen and oxygen atoms in total. The fraction of sp³-hybridized carbons (Fsp3) is 0.500. The highest BCUT2D eigenvalue weighted by Gasteiger charge is 2.18. The Hall–Kier alpha value is -1.06. The fourth-order valence-corrected chi connectivity index (χ4v) is 2.46. The normalized spacial score (nSPS) is 15.8. The maximum atomic E-state index is 11.4. The fourth-order valence-electron chi connectivity index (χ4n) is 2.29. The summed E-state index contributed by atoms with van der Waals surface area (Å²) in [5.74, 6) is 0.162. The number of anilines is 1. The molecule has 4 heteroatoms. The molecule has 1 aromatic carbocycles. The van der Waals surface area contributed by atoms with E-state index in [-0.39, 0.29) is 5.78 Å². The summed E-state index contributed by atoms with van der Waals surface area (Å²) in [5, 5.41) is 0.725. The quantitative estimate of drug-likeness (QED) is 0.843. The van der Waals surface area contributed by atoms with Crippen LogP contribution in [0.25, 0.3) is 0 Å². The van der Waals surface area contributed by atoms with E-state index in [0.29, 0.717) is 6.42 Å². The van der Waals surface area contributed by atoms with E-state index in [1.165, 1.54) is 0 Å². The third-order valence-corrected chi connectivity index (χ3v) is 3.69. The Labute approximate surface area is 113 Å². The van der Waals surface area contributed by atoms with Gasteiger partial charge in [-0.15, -0.1) is 0 Å². The van der Waals surface area contributed by atoms with E-state index in [1.807, 2.05) is 19.1 Å². The molecule has 0 bridgehead atoms. The number of carbonyl (C=O) groups is 1. The van der Waals surface area contributed by atoms with Gasteiger partial charge in [0.05, 0.1) is 13.2 Å². The van der Waals surface area contributed by atoms with Crippen LogP contribution in [0, 0.1) is 6.92 Å². The van der Waals surface area contributed by atoms with Crippen molar-refractivity contribution < 1.29 is 9.53 Å². The van der Waals surface area contributed by atoms with Gasteiger partial charge in [-0.3, -0.25) is 4.79 Å². The molecule has 0 unspecified atom stereocenters. The van der Waals surface area contributed by atoms with Gasteiger partial charge in [-0.2, -0.15) is 0 Å². The van der Waals surface area contributed by atoms with E-state index in [4.69, 9.17) is 16.3 Å². The molecule has 1 aliphatic rings. The number of benzene rings is 1.